The Kier molecular flexibility index (Phi) is 8.85. The Labute approximate surface area is 194 Å². The third-order valence-corrected chi connectivity index (χ3v) is 6.49. The van der Waals surface area contributed by atoms with Crippen LogP contribution in [0.25, 0.3) is 6.08 Å². The number of benzene rings is 2. The largest absolute Gasteiger partial charge is 0.356 e. The maximum absolute atomic E-state index is 12.7. The van der Waals surface area contributed by atoms with Crippen LogP contribution in [0.15, 0.2) is 59.5 Å². The van der Waals surface area contributed by atoms with Crippen LogP contribution in [0.3, 0.4) is 0 Å². The number of carbonyl (C=O) groups excluding carboxylic acids is 2. The zero-order chi connectivity index (χ0) is 22.1. The number of nitrogens with zero attached hydrogens (tertiary/aromatic N) is 1. The first-order valence-corrected chi connectivity index (χ1v) is 11.9. The highest BCUT2D eigenvalue weighted by Crippen LogP contribution is 2.32. The van der Waals surface area contributed by atoms with E-state index in [9.17, 15) is 9.59 Å². The molecule has 0 aliphatic carbocycles. The molecule has 1 aliphatic rings. The number of carbonyl (C=O) groups is 2. The molecule has 2 amide bonds. The molecule has 1 fully saturated rings. The number of aryl methyl sites for hydroxylation is 1. The van der Waals surface area contributed by atoms with Gasteiger partial charge in [-0.25, -0.2) is 0 Å². The van der Waals surface area contributed by atoms with Crippen LogP contribution in [0.4, 0.5) is 0 Å². The van der Waals surface area contributed by atoms with Gasteiger partial charge in [-0.15, -0.1) is 0 Å². The number of rotatable bonds is 10. The van der Waals surface area contributed by atoms with E-state index in [1.807, 2.05) is 55.5 Å². The molecule has 0 radical (unpaired) electrons. The van der Waals surface area contributed by atoms with Crippen LogP contribution in [-0.2, 0) is 16.0 Å². The molecule has 1 heterocycles. The molecule has 2 aromatic carbocycles. The molecule has 0 unspecified atom stereocenters. The van der Waals surface area contributed by atoms with Gasteiger partial charge in [0, 0.05) is 19.5 Å². The lowest BCUT2D eigenvalue weighted by molar-refractivity contribution is -0.122. The maximum atomic E-state index is 12.7. The minimum atomic E-state index is -0.0192. The van der Waals surface area contributed by atoms with Crippen molar-refractivity contribution in [3.63, 3.8) is 0 Å². The molecule has 0 spiro atoms. The van der Waals surface area contributed by atoms with Crippen molar-refractivity contribution in [1.29, 1.82) is 0 Å². The molecule has 4 nitrogen and oxygen atoms in total. The summed E-state index contributed by atoms with van der Waals surface area (Å²) in [4.78, 5) is 27.0. The molecule has 0 aromatic heterocycles. The van der Waals surface area contributed by atoms with Crippen molar-refractivity contribution in [3.8, 4) is 0 Å². The standard InChI is InChI=1S/C25H28N2O2S2/c1-19-11-13-21(14-12-19)18-22-24(29)27(25(30)31-22)17-7-3-6-10-23(28)26-16-15-20-8-4-2-5-9-20/h2,4-5,8-9,11-14,18H,3,6-7,10,15-17H2,1H3,(H,26,28). The van der Waals surface area contributed by atoms with E-state index in [0.29, 0.717) is 28.7 Å². The van der Waals surface area contributed by atoms with E-state index in [-0.39, 0.29) is 11.8 Å². The summed E-state index contributed by atoms with van der Waals surface area (Å²) in [6.07, 6.45) is 5.79. The number of hydrogen-bond acceptors (Lipinski definition) is 4. The molecule has 0 saturated carbocycles. The summed E-state index contributed by atoms with van der Waals surface area (Å²) in [6, 6.07) is 18.2. The Morgan fingerprint density at radius 3 is 2.55 bits per heavy atom. The van der Waals surface area contributed by atoms with Crippen LogP contribution in [0.2, 0.25) is 0 Å². The summed E-state index contributed by atoms with van der Waals surface area (Å²) in [5.74, 6) is 0.0665. The van der Waals surface area contributed by atoms with Gasteiger partial charge < -0.3 is 5.32 Å². The minimum absolute atomic E-state index is 0.0192. The highest BCUT2D eigenvalue weighted by molar-refractivity contribution is 8.26. The van der Waals surface area contributed by atoms with Gasteiger partial charge >= 0.3 is 0 Å². The fraction of sp³-hybridized carbons (Fsp3) is 0.320. The van der Waals surface area contributed by atoms with Crippen molar-refractivity contribution >= 4 is 46.2 Å². The third-order valence-electron chi connectivity index (χ3n) is 5.11. The molecule has 31 heavy (non-hydrogen) atoms. The fourth-order valence-electron chi connectivity index (χ4n) is 3.32. The highest BCUT2D eigenvalue weighted by atomic mass is 32.2. The first-order valence-electron chi connectivity index (χ1n) is 10.7. The number of unbranched alkanes of at least 4 members (excludes halogenated alkanes) is 2. The summed E-state index contributed by atoms with van der Waals surface area (Å²) in [6.45, 7) is 3.30. The van der Waals surface area contributed by atoms with Crippen molar-refractivity contribution in [2.45, 2.75) is 39.0 Å². The zero-order valence-electron chi connectivity index (χ0n) is 17.8. The molecule has 1 saturated heterocycles. The lowest BCUT2D eigenvalue weighted by atomic mass is 10.1. The third kappa shape index (κ3) is 7.33. The summed E-state index contributed by atoms with van der Waals surface area (Å²) < 4.78 is 0.613. The Morgan fingerprint density at radius 2 is 1.81 bits per heavy atom. The number of amides is 2. The molecule has 1 N–H and O–H groups in total. The predicted molar refractivity (Wildman–Crippen MR) is 133 cm³/mol. The van der Waals surface area contributed by atoms with Gasteiger partial charge in [0.2, 0.25) is 5.91 Å². The molecule has 1 aliphatic heterocycles. The number of hydrogen-bond donors (Lipinski definition) is 1. The second-order valence-corrected chi connectivity index (χ2v) is 9.32. The van der Waals surface area contributed by atoms with Crippen molar-refractivity contribution in [2.24, 2.45) is 0 Å². The van der Waals surface area contributed by atoms with Crippen LogP contribution in [-0.4, -0.2) is 34.1 Å². The fourth-order valence-corrected chi connectivity index (χ4v) is 4.63. The van der Waals surface area contributed by atoms with E-state index in [1.54, 1.807) is 4.90 Å². The summed E-state index contributed by atoms with van der Waals surface area (Å²) in [5.41, 5.74) is 3.42. The van der Waals surface area contributed by atoms with Crippen molar-refractivity contribution in [3.05, 3.63) is 76.2 Å². The van der Waals surface area contributed by atoms with Crippen molar-refractivity contribution in [1.82, 2.24) is 10.2 Å². The van der Waals surface area contributed by atoms with Crippen molar-refractivity contribution in [2.75, 3.05) is 13.1 Å². The minimum Gasteiger partial charge on any atom is -0.356 e. The quantitative estimate of drug-likeness (QED) is 0.309. The highest BCUT2D eigenvalue weighted by Gasteiger charge is 2.31. The smallest absolute Gasteiger partial charge is 0.266 e. The molecular weight excluding hydrogens is 424 g/mol. The predicted octanol–water partition coefficient (Wildman–Crippen LogP) is 5.12. The normalized spacial score (nSPS) is 15.0. The van der Waals surface area contributed by atoms with Crippen LogP contribution in [0.1, 0.15) is 42.4 Å². The molecule has 0 bridgehead atoms. The monoisotopic (exact) mass is 452 g/mol. The first kappa shape index (κ1) is 23.2. The van der Waals surface area contributed by atoms with Crippen LogP contribution < -0.4 is 5.32 Å². The number of thioether (sulfide) groups is 1. The molecule has 2 aromatic rings. The lowest BCUT2D eigenvalue weighted by Gasteiger charge is -2.14. The Morgan fingerprint density at radius 1 is 1.06 bits per heavy atom. The molecule has 3 rings (SSSR count). The van der Waals surface area contributed by atoms with Gasteiger partial charge in [-0.1, -0.05) is 90.6 Å². The number of thiocarbonyl (C=S) groups is 1. The average molecular weight is 453 g/mol. The summed E-state index contributed by atoms with van der Waals surface area (Å²) in [7, 11) is 0. The van der Waals surface area contributed by atoms with Gasteiger partial charge in [-0.3, -0.25) is 14.5 Å². The van der Waals surface area contributed by atoms with E-state index >= 15 is 0 Å². The zero-order valence-corrected chi connectivity index (χ0v) is 19.4. The first-order chi connectivity index (χ1) is 15.0. The summed E-state index contributed by atoms with van der Waals surface area (Å²) in [5, 5.41) is 2.97. The van der Waals surface area contributed by atoms with Crippen LogP contribution >= 0.6 is 24.0 Å². The summed E-state index contributed by atoms with van der Waals surface area (Å²) >= 11 is 6.76. The van der Waals surface area contributed by atoms with E-state index in [4.69, 9.17) is 12.2 Å². The molecular formula is C25H28N2O2S2. The van der Waals surface area contributed by atoms with Crippen LogP contribution in [0.5, 0.6) is 0 Å². The van der Waals surface area contributed by atoms with Crippen molar-refractivity contribution < 1.29 is 9.59 Å². The van der Waals surface area contributed by atoms with Gasteiger partial charge in [0.15, 0.2) is 0 Å². The Hall–Kier alpha value is -2.44. The lowest BCUT2D eigenvalue weighted by Crippen LogP contribution is -2.29. The second kappa shape index (κ2) is 11.8. The Balaban J connectivity index is 1.33. The topological polar surface area (TPSA) is 49.4 Å². The maximum Gasteiger partial charge on any atom is 0.266 e. The van der Waals surface area contributed by atoms with E-state index in [2.05, 4.69) is 17.4 Å². The van der Waals surface area contributed by atoms with Gasteiger partial charge in [-0.05, 0) is 43.4 Å². The SMILES string of the molecule is Cc1ccc(C=C2SC(=S)N(CCCCCC(=O)NCCc3ccccc3)C2=O)cc1. The van der Waals surface area contributed by atoms with Gasteiger partial charge in [-0.2, -0.15) is 0 Å². The van der Waals surface area contributed by atoms with E-state index in [1.165, 1.54) is 22.9 Å². The van der Waals surface area contributed by atoms with Gasteiger partial charge in [0.25, 0.3) is 5.91 Å². The second-order valence-electron chi connectivity index (χ2n) is 7.64. The van der Waals surface area contributed by atoms with Gasteiger partial charge in [0.1, 0.15) is 4.32 Å². The average Bonchev–Trinajstić information content (AvgIpc) is 3.03. The Bertz CT molecular complexity index is 940. The number of nitrogens with one attached hydrogen (secondary N) is 1. The van der Waals surface area contributed by atoms with Crippen LogP contribution in [0, 0.1) is 6.92 Å². The molecule has 6 heteroatoms. The van der Waals surface area contributed by atoms with Gasteiger partial charge in [0.05, 0.1) is 4.91 Å². The molecule has 162 valence electrons. The molecule has 0 atom stereocenters. The van der Waals surface area contributed by atoms with E-state index in [0.717, 1.165) is 31.2 Å². The van der Waals surface area contributed by atoms with E-state index < -0.39 is 0 Å².